The molecule has 4 nitrogen and oxygen atoms in total. The molecule has 3 aromatic rings. The lowest BCUT2D eigenvalue weighted by Gasteiger charge is -2.12. The van der Waals surface area contributed by atoms with E-state index in [9.17, 15) is 14.7 Å². The van der Waals surface area contributed by atoms with Gasteiger partial charge < -0.3 is 9.84 Å². The molecule has 0 aliphatic heterocycles. The van der Waals surface area contributed by atoms with E-state index in [4.69, 9.17) is 4.74 Å². The van der Waals surface area contributed by atoms with E-state index in [1.54, 1.807) is 48.5 Å². The number of hydrogen-bond donors (Lipinski definition) is 1. The molecule has 130 valence electrons. The van der Waals surface area contributed by atoms with Crippen LogP contribution in [-0.4, -0.2) is 23.5 Å². The van der Waals surface area contributed by atoms with E-state index >= 15 is 0 Å². The topological polar surface area (TPSA) is 63.6 Å². The Morgan fingerprint density at radius 3 is 1.88 bits per heavy atom. The molecule has 0 saturated carbocycles. The highest BCUT2D eigenvalue weighted by Crippen LogP contribution is 2.22. The predicted octanol–water partition coefficient (Wildman–Crippen LogP) is 3.81. The molecular weight excluding hydrogens is 328 g/mol. The molecular formula is C22H18O4. The van der Waals surface area contributed by atoms with Gasteiger partial charge in [-0.2, -0.15) is 0 Å². The Kier molecular flexibility index (Phi) is 5.56. The van der Waals surface area contributed by atoms with Gasteiger partial charge in [0.25, 0.3) is 0 Å². The summed E-state index contributed by atoms with van der Waals surface area (Å²) in [4.78, 5) is 24.1. The fourth-order valence-corrected chi connectivity index (χ4v) is 2.55. The van der Waals surface area contributed by atoms with Gasteiger partial charge in [-0.3, -0.25) is 4.79 Å². The van der Waals surface area contributed by atoms with E-state index in [0.29, 0.717) is 16.7 Å². The Balaban J connectivity index is 1.61. The lowest BCUT2D eigenvalue weighted by atomic mass is 10.0. The van der Waals surface area contributed by atoms with Crippen LogP contribution in [-0.2, 0) is 4.74 Å². The molecule has 0 bridgehead atoms. The molecule has 0 amide bonds. The van der Waals surface area contributed by atoms with Crippen LogP contribution in [0.3, 0.4) is 0 Å². The van der Waals surface area contributed by atoms with Gasteiger partial charge in [-0.05, 0) is 23.3 Å². The zero-order valence-electron chi connectivity index (χ0n) is 14.0. The van der Waals surface area contributed by atoms with E-state index < -0.39 is 12.1 Å². The summed E-state index contributed by atoms with van der Waals surface area (Å²) in [7, 11) is 0. The maximum atomic E-state index is 12.1. The summed E-state index contributed by atoms with van der Waals surface area (Å²) in [6.07, 6.45) is -0.763. The van der Waals surface area contributed by atoms with Crippen molar-refractivity contribution in [2.24, 2.45) is 0 Å². The lowest BCUT2D eigenvalue weighted by Crippen LogP contribution is -2.14. The normalized spacial score (nSPS) is 11.6. The third-order valence-corrected chi connectivity index (χ3v) is 4.01. The summed E-state index contributed by atoms with van der Waals surface area (Å²) < 4.78 is 5.08. The van der Waals surface area contributed by atoms with E-state index in [0.717, 1.165) is 5.56 Å². The van der Waals surface area contributed by atoms with E-state index in [-0.39, 0.29) is 12.4 Å². The number of esters is 1. The Labute approximate surface area is 151 Å². The molecule has 0 spiro atoms. The third kappa shape index (κ3) is 4.23. The first kappa shape index (κ1) is 17.6. The van der Waals surface area contributed by atoms with Crippen LogP contribution in [0.4, 0.5) is 0 Å². The van der Waals surface area contributed by atoms with Gasteiger partial charge in [0.2, 0.25) is 0 Å². The SMILES string of the molecule is O=C(COC(=O)c1ccc([C@H](O)c2ccccc2)cc1)c1ccccc1. The standard InChI is InChI=1S/C22H18O4/c23-20(16-7-3-1-4-8-16)15-26-22(25)19-13-11-18(12-14-19)21(24)17-9-5-2-6-10-17/h1-14,21,24H,15H2/t21-/m1/s1. The summed E-state index contributed by atoms with van der Waals surface area (Å²) in [5.74, 6) is -0.829. The van der Waals surface area contributed by atoms with Crippen molar-refractivity contribution >= 4 is 11.8 Å². The number of aliphatic hydroxyl groups is 1. The van der Waals surface area contributed by atoms with Crippen LogP contribution >= 0.6 is 0 Å². The highest BCUT2D eigenvalue weighted by molar-refractivity contribution is 5.99. The van der Waals surface area contributed by atoms with E-state index in [1.807, 2.05) is 36.4 Å². The van der Waals surface area contributed by atoms with Gasteiger partial charge >= 0.3 is 5.97 Å². The average molecular weight is 346 g/mol. The van der Waals surface area contributed by atoms with Crippen LogP contribution in [0, 0.1) is 0 Å². The molecule has 3 rings (SSSR count). The number of ether oxygens (including phenoxy) is 1. The third-order valence-electron chi connectivity index (χ3n) is 4.01. The molecule has 4 heteroatoms. The molecule has 26 heavy (non-hydrogen) atoms. The Morgan fingerprint density at radius 1 is 0.731 bits per heavy atom. The van der Waals surface area contributed by atoms with Crippen LogP contribution in [0.15, 0.2) is 84.9 Å². The summed E-state index contributed by atoms with van der Waals surface area (Å²) >= 11 is 0. The largest absolute Gasteiger partial charge is 0.454 e. The van der Waals surface area contributed by atoms with Crippen LogP contribution < -0.4 is 0 Å². The molecule has 1 N–H and O–H groups in total. The second kappa shape index (κ2) is 8.23. The summed E-state index contributed by atoms with van der Waals surface area (Å²) in [5.41, 5.74) is 2.28. The first-order valence-corrected chi connectivity index (χ1v) is 8.23. The minimum Gasteiger partial charge on any atom is -0.454 e. The predicted molar refractivity (Wildman–Crippen MR) is 98.0 cm³/mol. The van der Waals surface area contributed by atoms with E-state index in [1.165, 1.54) is 0 Å². The second-order valence-corrected chi connectivity index (χ2v) is 5.80. The van der Waals surface area contributed by atoms with Crippen molar-refractivity contribution in [1.82, 2.24) is 0 Å². The molecule has 0 unspecified atom stereocenters. The number of rotatable bonds is 6. The van der Waals surface area contributed by atoms with Gasteiger partial charge in [0, 0.05) is 5.56 Å². The molecule has 0 aliphatic carbocycles. The first-order chi connectivity index (χ1) is 12.6. The smallest absolute Gasteiger partial charge is 0.338 e. The lowest BCUT2D eigenvalue weighted by molar-refractivity contribution is 0.0474. The minimum absolute atomic E-state index is 0.255. The van der Waals surface area contributed by atoms with Crippen molar-refractivity contribution < 1.29 is 19.4 Å². The molecule has 0 aromatic heterocycles. The number of ketones is 1. The Morgan fingerprint density at radius 2 is 1.27 bits per heavy atom. The van der Waals surface area contributed by atoms with Crippen molar-refractivity contribution in [3.63, 3.8) is 0 Å². The van der Waals surface area contributed by atoms with Crippen LogP contribution in [0.2, 0.25) is 0 Å². The Hall–Kier alpha value is -3.24. The Bertz CT molecular complexity index is 871. The number of carbonyl (C=O) groups excluding carboxylic acids is 2. The van der Waals surface area contributed by atoms with Gasteiger partial charge in [-0.25, -0.2) is 4.79 Å². The number of carbonyl (C=O) groups is 2. The highest BCUT2D eigenvalue weighted by atomic mass is 16.5. The maximum Gasteiger partial charge on any atom is 0.338 e. The summed E-state index contributed by atoms with van der Waals surface area (Å²) in [5, 5.41) is 10.4. The molecule has 0 fully saturated rings. The van der Waals surface area contributed by atoms with Crippen LogP contribution in [0.25, 0.3) is 0 Å². The van der Waals surface area contributed by atoms with Crippen molar-refractivity contribution in [3.05, 3.63) is 107 Å². The molecule has 1 atom stereocenters. The molecule has 0 saturated heterocycles. The monoisotopic (exact) mass is 346 g/mol. The number of hydrogen-bond acceptors (Lipinski definition) is 4. The average Bonchev–Trinajstić information content (AvgIpc) is 2.72. The minimum atomic E-state index is -0.763. The van der Waals surface area contributed by atoms with Crippen LogP contribution in [0.5, 0.6) is 0 Å². The maximum absolute atomic E-state index is 12.1. The van der Waals surface area contributed by atoms with Crippen LogP contribution in [0.1, 0.15) is 37.9 Å². The van der Waals surface area contributed by atoms with Gasteiger partial charge in [-0.15, -0.1) is 0 Å². The fourth-order valence-electron chi connectivity index (χ4n) is 2.55. The van der Waals surface area contributed by atoms with Gasteiger partial charge in [-0.1, -0.05) is 72.8 Å². The molecule has 0 radical (unpaired) electrons. The number of aliphatic hydroxyl groups excluding tert-OH is 1. The van der Waals surface area contributed by atoms with Gasteiger partial charge in [0.1, 0.15) is 6.10 Å². The number of benzene rings is 3. The fraction of sp³-hybridized carbons (Fsp3) is 0.0909. The molecule has 0 heterocycles. The summed E-state index contributed by atoms with van der Waals surface area (Å²) in [6, 6.07) is 24.4. The van der Waals surface area contributed by atoms with Gasteiger partial charge in [0.05, 0.1) is 5.56 Å². The van der Waals surface area contributed by atoms with Gasteiger partial charge in [0.15, 0.2) is 12.4 Å². The van der Waals surface area contributed by atoms with Crippen molar-refractivity contribution in [3.8, 4) is 0 Å². The number of Topliss-reactive ketones (excluding diaryl/α,β-unsaturated/α-hetero) is 1. The quantitative estimate of drug-likeness (QED) is 0.544. The van der Waals surface area contributed by atoms with Crippen molar-refractivity contribution in [2.75, 3.05) is 6.61 Å². The highest BCUT2D eigenvalue weighted by Gasteiger charge is 2.14. The summed E-state index contributed by atoms with van der Waals surface area (Å²) in [6.45, 7) is -0.308. The molecule has 0 aliphatic rings. The zero-order valence-corrected chi connectivity index (χ0v) is 14.0. The van der Waals surface area contributed by atoms with Crippen molar-refractivity contribution in [1.29, 1.82) is 0 Å². The van der Waals surface area contributed by atoms with E-state index in [2.05, 4.69) is 0 Å². The zero-order chi connectivity index (χ0) is 18.4. The second-order valence-electron chi connectivity index (χ2n) is 5.80. The molecule has 3 aromatic carbocycles. The first-order valence-electron chi connectivity index (χ1n) is 8.23. The van der Waals surface area contributed by atoms with Crippen molar-refractivity contribution in [2.45, 2.75) is 6.10 Å².